The highest BCUT2D eigenvalue weighted by Gasteiger charge is 2.50. The number of amides is 1. The summed E-state index contributed by atoms with van der Waals surface area (Å²) in [7, 11) is 0. The summed E-state index contributed by atoms with van der Waals surface area (Å²) in [6.07, 6.45) is 1.86. The molecule has 50 heavy (non-hydrogen) atoms. The van der Waals surface area contributed by atoms with Crippen molar-refractivity contribution >= 4 is 5.91 Å². The second-order valence-corrected chi connectivity index (χ2v) is 14.1. The number of aliphatic hydroxyl groups is 8. The van der Waals surface area contributed by atoms with Crippen LogP contribution in [0.3, 0.4) is 0 Å². The van der Waals surface area contributed by atoms with Crippen molar-refractivity contribution < 1.29 is 64.6 Å². The molecule has 0 aromatic carbocycles. The second kappa shape index (κ2) is 25.9. The number of aliphatic hydroxyl groups excluding tert-OH is 8. The third kappa shape index (κ3) is 15.5. The van der Waals surface area contributed by atoms with Gasteiger partial charge in [0.15, 0.2) is 12.6 Å². The van der Waals surface area contributed by atoms with Crippen molar-refractivity contribution in [3.8, 4) is 0 Å². The van der Waals surface area contributed by atoms with Crippen LogP contribution < -0.4 is 5.32 Å². The smallest absolute Gasteiger partial charge is 0.220 e. The van der Waals surface area contributed by atoms with Gasteiger partial charge >= 0.3 is 0 Å². The average Bonchev–Trinajstić information content (AvgIpc) is 3.11. The zero-order valence-corrected chi connectivity index (χ0v) is 30.4. The molecule has 1 amide bonds. The molecular formula is C36H69NO13. The lowest BCUT2D eigenvalue weighted by molar-refractivity contribution is -0.359. The fourth-order valence-electron chi connectivity index (χ4n) is 6.53. The molecule has 2 rings (SSSR count). The summed E-state index contributed by atoms with van der Waals surface area (Å²) in [5.74, 6) is -0.217. The molecule has 0 aromatic heterocycles. The molecule has 9 N–H and O–H groups in total. The SMILES string of the molecule is CCCCCCCCCCCCCC(=O)NC(COC1OC(CO)C(OC2OC(CO)C(O)C(O)C2O)C(O)C1O)C(O)CCCCCCC. The first kappa shape index (κ1) is 45.1. The van der Waals surface area contributed by atoms with E-state index >= 15 is 0 Å². The zero-order chi connectivity index (χ0) is 36.9. The van der Waals surface area contributed by atoms with Crippen LogP contribution in [0.1, 0.15) is 129 Å². The number of carbonyl (C=O) groups is 1. The first-order chi connectivity index (χ1) is 24.1. The van der Waals surface area contributed by atoms with Crippen LogP contribution in [0.4, 0.5) is 0 Å². The van der Waals surface area contributed by atoms with Crippen LogP contribution in [-0.2, 0) is 23.7 Å². The number of hydrogen-bond acceptors (Lipinski definition) is 13. The van der Waals surface area contributed by atoms with Gasteiger partial charge in [-0.1, -0.05) is 110 Å². The summed E-state index contributed by atoms with van der Waals surface area (Å²) in [6, 6.07) is -0.815. The van der Waals surface area contributed by atoms with Gasteiger partial charge in [-0.05, 0) is 12.8 Å². The maximum atomic E-state index is 12.9. The summed E-state index contributed by atoms with van der Waals surface area (Å²) >= 11 is 0. The Morgan fingerprint density at radius 1 is 0.640 bits per heavy atom. The van der Waals surface area contributed by atoms with Crippen LogP contribution in [0.2, 0.25) is 0 Å². The van der Waals surface area contributed by atoms with E-state index in [1.54, 1.807) is 0 Å². The van der Waals surface area contributed by atoms with Crippen LogP contribution in [0, 0.1) is 0 Å². The molecule has 0 aliphatic carbocycles. The van der Waals surface area contributed by atoms with Gasteiger partial charge in [0.1, 0.15) is 48.8 Å². The van der Waals surface area contributed by atoms with Crippen molar-refractivity contribution in [2.45, 2.75) is 203 Å². The summed E-state index contributed by atoms with van der Waals surface area (Å²) in [5.41, 5.74) is 0. The molecule has 2 fully saturated rings. The Morgan fingerprint density at radius 3 is 1.70 bits per heavy atom. The van der Waals surface area contributed by atoms with Gasteiger partial charge in [-0.15, -0.1) is 0 Å². The van der Waals surface area contributed by atoms with E-state index in [0.29, 0.717) is 12.8 Å². The Balaban J connectivity index is 1.91. The van der Waals surface area contributed by atoms with Gasteiger partial charge < -0.3 is 65.1 Å². The van der Waals surface area contributed by atoms with Gasteiger partial charge in [-0.2, -0.15) is 0 Å². The lowest BCUT2D eigenvalue weighted by Crippen LogP contribution is -2.65. The first-order valence-corrected chi connectivity index (χ1v) is 19.3. The fourth-order valence-corrected chi connectivity index (χ4v) is 6.53. The Morgan fingerprint density at radius 2 is 1.14 bits per heavy atom. The number of nitrogens with one attached hydrogen (secondary N) is 1. The molecule has 12 atom stereocenters. The van der Waals surface area contributed by atoms with Gasteiger partial charge in [0.05, 0.1) is 32.0 Å². The van der Waals surface area contributed by atoms with E-state index in [0.717, 1.165) is 57.8 Å². The molecular weight excluding hydrogens is 654 g/mol. The van der Waals surface area contributed by atoms with Crippen LogP contribution in [0.25, 0.3) is 0 Å². The third-order valence-corrected chi connectivity index (χ3v) is 9.82. The molecule has 14 heteroatoms. The molecule has 0 saturated carbocycles. The Hall–Kier alpha value is -1.01. The maximum absolute atomic E-state index is 12.9. The minimum atomic E-state index is -1.77. The monoisotopic (exact) mass is 723 g/mol. The van der Waals surface area contributed by atoms with Crippen molar-refractivity contribution in [3.05, 3.63) is 0 Å². The highest BCUT2D eigenvalue weighted by atomic mass is 16.7. The highest BCUT2D eigenvalue weighted by Crippen LogP contribution is 2.30. The number of ether oxygens (including phenoxy) is 4. The van der Waals surface area contributed by atoms with E-state index in [1.165, 1.54) is 44.9 Å². The van der Waals surface area contributed by atoms with E-state index < -0.39 is 86.8 Å². The van der Waals surface area contributed by atoms with Crippen LogP contribution in [0.15, 0.2) is 0 Å². The Kier molecular flexibility index (Phi) is 23.4. The lowest BCUT2D eigenvalue weighted by Gasteiger charge is -2.46. The standard InChI is InChI=1S/C36H69NO13/c1-3-5-7-9-10-11-12-13-14-16-18-20-28(41)37-24(25(40)19-17-15-8-6-4-2)23-47-35-33(46)31(44)34(27(22-39)49-35)50-36-32(45)30(43)29(42)26(21-38)48-36/h24-27,29-36,38-40,42-46H,3-23H2,1-2H3,(H,37,41). The molecule has 0 spiro atoms. The summed E-state index contributed by atoms with van der Waals surface area (Å²) in [6.45, 7) is 2.70. The molecule has 2 aliphatic rings. The van der Waals surface area contributed by atoms with Gasteiger partial charge in [0, 0.05) is 6.42 Å². The quantitative estimate of drug-likeness (QED) is 0.0549. The molecule has 0 bridgehead atoms. The van der Waals surface area contributed by atoms with Gasteiger partial charge in [0.25, 0.3) is 0 Å². The summed E-state index contributed by atoms with van der Waals surface area (Å²) in [4.78, 5) is 12.9. The number of carbonyl (C=O) groups excluding carboxylic acids is 1. The Labute approximate surface area is 298 Å². The molecule has 12 unspecified atom stereocenters. The first-order valence-electron chi connectivity index (χ1n) is 19.3. The average molecular weight is 724 g/mol. The van der Waals surface area contributed by atoms with Gasteiger partial charge in [-0.3, -0.25) is 4.79 Å². The summed E-state index contributed by atoms with van der Waals surface area (Å²) in [5, 5.41) is 85.8. The van der Waals surface area contributed by atoms with Crippen LogP contribution >= 0.6 is 0 Å². The molecule has 2 heterocycles. The topological polar surface area (TPSA) is 228 Å². The van der Waals surface area contributed by atoms with E-state index in [1.807, 2.05) is 0 Å². The van der Waals surface area contributed by atoms with Crippen molar-refractivity contribution in [2.24, 2.45) is 0 Å². The maximum Gasteiger partial charge on any atom is 0.220 e. The van der Waals surface area contributed by atoms with Crippen molar-refractivity contribution in [1.82, 2.24) is 5.32 Å². The second-order valence-electron chi connectivity index (χ2n) is 14.1. The fraction of sp³-hybridized carbons (Fsp3) is 0.972. The molecule has 2 aliphatic heterocycles. The normalized spacial score (nSPS) is 31.4. The van der Waals surface area contributed by atoms with E-state index in [4.69, 9.17) is 18.9 Å². The van der Waals surface area contributed by atoms with Crippen LogP contribution in [-0.4, -0.2) is 140 Å². The molecule has 296 valence electrons. The minimum Gasteiger partial charge on any atom is -0.394 e. The van der Waals surface area contributed by atoms with E-state index in [2.05, 4.69) is 19.2 Å². The van der Waals surface area contributed by atoms with Gasteiger partial charge in [0.2, 0.25) is 5.91 Å². The predicted octanol–water partition coefficient (Wildman–Crippen LogP) is 1.53. The third-order valence-electron chi connectivity index (χ3n) is 9.82. The molecule has 0 radical (unpaired) electrons. The van der Waals surface area contributed by atoms with Crippen LogP contribution in [0.5, 0.6) is 0 Å². The predicted molar refractivity (Wildman–Crippen MR) is 185 cm³/mol. The van der Waals surface area contributed by atoms with Crippen molar-refractivity contribution in [1.29, 1.82) is 0 Å². The Bertz CT molecular complexity index is 868. The lowest BCUT2D eigenvalue weighted by atomic mass is 9.97. The number of hydrogen-bond donors (Lipinski definition) is 9. The van der Waals surface area contributed by atoms with Crippen molar-refractivity contribution in [2.75, 3.05) is 19.8 Å². The van der Waals surface area contributed by atoms with Gasteiger partial charge in [-0.25, -0.2) is 0 Å². The van der Waals surface area contributed by atoms with E-state index in [-0.39, 0.29) is 12.5 Å². The zero-order valence-electron chi connectivity index (χ0n) is 30.4. The molecule has 2 saturated heterocycles. The molecule has 14 nitrogen and oxygen atoms in total. The highest BCUT2D eigenvalue weighted by molar-refractivity contribution is 5.76. The number of unbranched alkanes of at least 4 members (excludes halogenated alkanes) is 14. The summed E-state index contributed by atoms with van der Waals surface area (Å²) < 4.78 is 22.5. The largest absolute Gasteiger partial charge is 0.394 e. The van der Waals surface area contributed by atoms with Crippen molar-refractivity contribution in [3.63, 3.8) is 0 Å². The molecule has 0 aromatic rings. The van der Waals surface area contributed by atoms with E-state index in [9.17, 15) is 45.6 Å². The number of rotatable bonds is 27. The minimum absolute atomic E-state index is 0.217.